The maximum absolute atomic E-state index is 13.9. The van der Waals surface area contributed by atoms with Crippen molar-refractivity contribution in [3.8, 4) is 5.75 Å². The van der Waals surface area contributed by atoms with Gasteiger partial charge in [0, 0.05) is 23.9 Å². The van der Waals surface area contributed by atoms with Crippen molar-refractivity contribution < 1.29 is 39.1 Å². The van der Waals surface area contributed by atoms with E-state index in [1.807, 2.05) is 0 Å². The number of carbonyl (C=O) groups excluding carboxylic acids is 4. The van der Waals surface area contributed by atoms with Gasteiger partial charge in [-0.25, -0.2) is 14.9 Å². The fourth-order valence-corrected chi connectivity index (χ4v) is 5.40. The minimum atomic E-state index is -1.13. The number of methoxy groups -OCH3 is 1. The maximum atomic E-state index is 13.9. The number of rotatable bonds is 7. The van der Waals surface area contributed by atoms with Crippen LogP contribution >= 0.6 is 0 Å². The van der Waals surface area contributed by atoms with E-state index in [1.165, 1.54) is 43.7 Å². The molecule has 0 aromatic heterocycles. The first kappa shape index (κ1) is 25.3. The molecule has 2 fully saturated rings. The van der Waals surface area contributed by atoms with Crippen molar-refractivity contribution in [3.05, 3.63) is 83.2 Å². The number of carbonyl (C=O) groups is 4. The van der Waals surface area contributed by atoms with E-state index >= 15 is 0 Å². The Labute approximate surface area is 217 Å². The van der Waals surface area contributed by atoms with Crippen LogP contribution in [-0.2, 0) is 19.1 Å². The number of amides is 2. The molecule has 5 atom stereocenters. The molecule has 0 aliphatic carbocycles. The Morgan fingerprint density at radius 3 is 2.39 bits per heavy atom. The monoisotopic (exact) mass is 519 g/mol. The summed E-state index contributed by atoms with van der Waals surface area (Å²) in [6, 6.07) is 10.2. The first-order valence-corrected chi connectivity index (χ1v) is 12.0. The first-order chi connectivity index (χ1) is 18.3. The van der Waals surface area contributed by atoms with Crippen LogP contribution in [0.15, 0.2) is 72.5 Å². The Balaban J connectivity index is 1.59. The largest absolute Gasteiger partial charge is 0.595 e. The average molecular weight is 520 g/mol. The zero-order valence-corrected chi connectivity index (χ0v) is 20.6. The summed E-state index contributed by atoms with van der Waals surface area (Å²) < 4.78 is 10.5. The van der Waals surface area contributed by atoms with Gasteiger partial charge in [0.05, 0.1) is 42.9 Å². The molecular formula is C27H25N3O8. The van der Waals surface area contributed by atoms with Crippen LogP contribution in [0.3, 0.4) is 0 Å². The fourth-order valence-electron chi connectivity index (χ4n) is 5.40. The second kappa shape index (κ2) is 9.86. The third kappa shape index (κ3) is 3.97. The summed E-state index contributed by atoms with van der Waals surface area (Å²) in [5, 5.41) is 19.3. The molecular weight excluding hydrogens is 494 g/mol. The Kier molecular flexibility index (Phi) is 6.57. The number of quaternary nitrogens is 1. The van der Waals surface area contributed by atoms with E-state index in [4.69, 9.17) is 9.47 Å². The molecule has 38 heavy (non-hydrogen) atoms. The second-order valence-electron chi connectivity index (χ2n) is 9.02. The van der Waals surface area contributed by atoms with Gasteiger partial charge in [-0.1, -0.05) is 12.1 Å². The van der Waals surface area contributed by atoms with Crippen LogP contribution in [0.25, 0.3) is 0 Å². The summed E-state index contributed by atoms with van der Waals surface area (Å²) in [4.78, 5) is 56.7. The van der Waals surface area contributed by atoms with Gasteiger partial charge in [0.1, 0.15) is 11.8 Å². The molecule has 11 nitrogen and oxygen atoms in total. The van der Waals surface area contributed by atoms with Crippen molar-refractivity contribution in [2.75, 3.05) is 18.6 Å². The number of esters is 1. The lowest BCUT2D eigenvalue weighted by Crippen LogP contribution is -2.99. The Hall–Kier alpha value is -4.32. The van der Waals surface area contributed by atoms with E-state index in [-0.39, 0.29) is 29.1 Å². The lowest BCUT2D eigenvalue weighted by Gasteiger charge is -2.32. The number of para-hydroxylation sites is 2. The van der Waals surface area contributed by atoms with Gasteiger partial charge < -0.3 is 19.6 Å². The molecule has 0 saturated carbocycles. The summed E-state index contributed by atoms with van der Waals surface area (Å²) >= 11 is 0. The molecule has 2 saturated heterocycles. The van der Waals surface area contributed by atoms with Crippen molar-refractivity contribution in [2.24, 2.45) is 11.8 Å². The summed E-state index contributed by atoms with van der Waals surface area (Å²) in [6.07, 6.45) is 4.60. The Morgan fingerprint density at radius 2 is 1.74 bits per heavy atom. The minimum Gasteiger partial charge on any atom is -0.595 e. The highest BCUT2D eigenvalue weighted by atomic mass is 16.8. The number of imide groups is 1. The lowest BCUT2D eigenvalue weighted by atomic mass is 9.86. The number of fused-ring (bicyclic) bond motifs is 3. The number of hydrogen-bond donors (Lipinski definition) is 2. The highest BCUT2D eigenvalue weighted by molar-refractivity contribution is 6.25. The molecule has 2 amide bonds. The highest BCUT2D eigenvalue weighted by Crippen LogP contribution is 2.48. The van der Waals surface area contributed by atoms with Crippen molar-refractivity contribution in [1.82, 2.24) is 4.90 Å². The van der Waals surface area contributed by atoms with Gasteiger partial charge in [-0.3, -0.25) is 14.4 Å². The zero-order valence-electron chi connectivity index (χ0n) is 20.6. The fraction of sp³-hybridized carbons (Fsp3) is 0.259. The maximum Gasteiger partial charge on any atom is 0.337 e. The number of benzene rings is 2. The van der Waals surface area contributed by atoms with Gasteiger partial charge >= 0.3 is 5.97 Å². The van der Waals surface area contributed by atoms with E-state index in [1.54, 1.807) is 42.2 Å². The average Bonchev–Trinajstić information content (AvgIpc) is 3.39. The van der Waals surface area contributed by atoms with Gasteiger partial charge in [-0.15, -0.1) is 0 Å². The van der Waals surface area contributed by atoms with E-state index in [0.29, 0.717) is 5.75 Å². The summed E-state index contributed by atoms with van der Waals surface area (Å²) in [5.41, 5.74) is 0.702. The molecule has 0 bridgehead atoms. The third-order valence-electron chi connectivity index (χ3n) is 7.07. The van der Waals surface area contributed by atoms with Gasteiger partial charge in [-0.2, -0.15) is 5.23 Å². The van der Waals surface area contributed by atoms with Gasteiger partial charge in [0.25, 0.3) is 0 Å². The molecule has 2 unspecified atom stereocenters. The van der Waals surface area contributed by atoms with Crippen molar-refractivity contribution in [1.29, 1.82) is 0 Å². The van der Waals surface area contributed by atoms with E-state index in [9.17, 15) is 29.6 Å². The Bertz CT molecular complexity index is 1370. The number of Topliss-reactive ketones (excluding diaryl/α,β-unsaturated/α-hetero) is 1. The van der Waals surface area contributed by atoms with Crippen LogP contribution in [0, 0.1) is 17.0 Å². The third-order valence-corrected chi connectivity index (χ3v) is 7.07. The lowest BCUT2D eigenvalue weighted by molar-refractivity contribution is -0.991. The van der Waals surface area contributed by atoms with Crippen LogP contribution in [0.1, 0.15) is 17.3 Å². The molecule has 3 aliphatic rings. The molecule has 2 N–H and O–H groups in total. The quantitative estimate of drug-likeness (QED) is 0.239. The summed E-state index contributed by atoms with van der Waals surface area (Å²) in [7, 11) is 1.43. The number of nitrogens with zero attached hydrogens (tertiary/aromatic N) is 2. The topological polar surface area (TPSA) is 141 Å². The SMILES string of the molecule is CCOC(=O)C1=C[C@H]2[C@@H]3C(=O)N(c4ccccc4OC)C(=O)[C@@H]3C(C(=O)c3ccc([NH+]([O-])O)cc3)N2C=C1. The smallest absolute Gasteiger partial charge is 0.337 e. The van der Waals surface area contributed by atoms with E-state index in [2.05, 4.69) is 0 Å². The first-order valence-electron chi connectivity index (χ1n) is 12.0. The second-order valence-corrected chi connectivity index (χ2v) is 9.02. The normalized spacial score (nSPS) is 24.6. The highest BCUT2D eigenvalue weighted by Gasteiger charge is 2.64. The zero-order chi connectivity index (χ0) is 27.1. The summed E-state index contributed by atoms with van der Waals surface area (Å²) in [5.74, 6) is -3.76. The molecule has 196 valence electrons. The Morgan fingerprint density at radius 1 is 1.05 bits per heavy atom. The van der Waals surface area contributed by atoms with Crippen LogP contribution in [0.5, 0.6) is 5.75 Å². The summed E-state index contributed by atoms with van der Waals surface area (Å²) in [6.45, 7) is 1.84. The molecule has 2 aromatic rings. The predicted molar refractivity (Wildman–Crippen MR) is 132 cm³/mol. The predicted octanol–water partition coefficient (Wildman–Crippen LogP) is 1.16. The van der Waals surface area contributed by atoms with Crippen molar-refractivity contribution in [3.63, 3.8) is 0 Å². The van der Waals surface area contributed by atoms with Crippen molar-refractivity contribution in [2.45, 2.75) is 19.0 Å². The van der Waals surface area contributed by atoms with Crippen LogP contribution < -0.4 is 14.9 Å². The van der Waals surface area contributed by atoms with Crippen LogP contribution in [-0.4, -0.2) is 59.5 Å². The van der Waals surface area contributed by atoms with Crippen LogP contribution in [0.4, 0.5) is 11.4 Å². The molecule has 11 heteroatoms. The van der Waals surface area contributed by atoms with Crippen molar-refractivity contribution >= 4 is 34.9 Å². The molecule has 2 aromatic carbocycles. The standard InChI is InChI=1S/C27H25N3O8/c1-3-38-27(34)16-12-13-28-19(14-16)21-22(23(28)24(31)15-8-10-17(11-9-15)30(35)36)26(33)29(25(21)32)18-6-4-5-7-20(18)37-2/h4-14,19,21-23,30,35H,3H2,1-2H3/t19-,21-,22-,23?/m0/s1. The number of nitrogens with one attached hydrogen (secondary N) is 1. The van der Waals surface area contributed by atoms with Gasteiger partial charge in [0.15, 0.2) is 11.5 Å². The molecule has 5 rings (SSSR count). The molecule has 3 aliphatic heterocycles. The van der Waals surface area contributed by atoms with E-state index in [0.717, 1.165) is 4.90 Å². The number of ether oxygens (including phenoxy) is 2. The van der Waals surface area contributed by atoms with Gasteiger partial charge in [0.2, 0.25) is 11.8 Å². The number of hydrogen-bond acceptors (Lipinski definition) is 9. The van der Waals surface area contributed by atoms with Crippen LogP contribution in [0.2, 0.25) is 0 Å². The molecule has 0 spiro atoms. The van der Waals surface area contributed by atoms with Gasteiger partial charge in [-0.05, 0) is 43.3 Å². The number of anilines is 1. The number of ketones is 1. The molecule has 0 radical (unpaired) electrons. The molecule has 3 heterocycles. The minimum absolute atomic E-state index is 0.0121. The van der Waals surface area contributed by atoms with E-state index < -0.39 is 52.7 Å².